The molecule has 1 aliphatic heterocycles. The number of carbonyl (C=O) groups is 2. The van der Waals surface area contributed by atoms with Gasteiger partial charge in [0.1, 0.15) is 0 Å². The molecule has 2 aromatic rings. The molecular weight excluding hydrogens is 373 g/mol. The monoisotopic (exact) mass is 392 g/mol. The van der Waals surface area contributed by atoms with E-state index in [0.717, 1.165) is 12.1 Å². The van der Waals surface area contributed by atoms with Crippen LogP contribution in [0.25, 0.3) is 0 Å². The summed E-state index contributed by atoms with van der Waals surface area (Å²) in [5.41, 5.74) is -0.0879. The van der Waals surface area contributed by atoms with Gasteiger partial charge >= 0.3 is 6.18 Å². The fourth-order valence-electron chi connectivity index (χ4n) is 3.36. The van der Waals surface area contributed by atoms with Crippen molar-refractivity contribution in [1.82, 2.24) is 9.88 Å². The maximum absolute atomic E-state index is 13.0. The summed E-state index contributed by atoms with van der Waals surface area (Å²) in [7, 11) is 0. The number of nitrogens with zero attached hydrogens (tertiary/aromatic N) is 2. The van der Waals surface area contributed by atoms with Gasteiger partial charge in [0, 0.05) is 37.3 Å². The zero-order valence-corrected chi connectivity index (χ0v) is 14.9. The number of carbonyl (C=O) groups excluding carboxylic acids is 2. The van der Waals surface area contributed by atoms with Crippen molar-refractivity contribution in [3.05, 3.63) is 65.5 Å². The number of likely N-dealkylation sites (tertiary alicyclic amines) is 1. The van der Waals surface area contributed by atoms with Gasteiger partial charge in [-0.1, -0.05) is 12.1 Å². The van der Waals surface area contributed by atoms with Crippen molar-refractivity contribution < 1.29 is 27.9 Å². The van der Waals surface area contributed by atoms with Crippen LogP contribution in [0.5, 0.6) is 0 Å². The molecule has 1 N–H and O–H groups in total. The standard InChI is InChI=1S/C20H19F3N2O3/c21-20(22,23)15-5-1-3-13(9-15)17-10-16(26)12-25(17)19(28)7-6-18(27)14-4-2-8-24-11-14/h1-5,8-9,11,16-17,26H,6-7,10,12H2. The molecule has 148 valence electrons. The van der Waals surface area contributed by atoms with Crippen molar-refractivity contribution in [2.75, 3.05) is 6.54 Å². The van der Waals surface area contributed by atoms with Crippen LogP contribution in [0.4, 0.5) is 13.2 Å². The van der Waals surface area contributed by atoms with Crippen LogP contribution in [-0.2, 0) is 11.0 Å². The minimum absolute atomic E-state index is 0.0286. The third-order valence-corrected chi connectivity index (χ3v) is 4.75. The Morgan fingerprint density at radius 2 is 1.96 bits per heavy atom. The van der Waals surface area contributed by atoms with E-state index in [4.69, 9.17) is 0 Å². The minimum Gasteiger partial charge on any atom is -0.391 e. The number of β-amino-alcohol motifs (C(OH)–C–C–N with tert-alkyl or cyclic N) is 1. The summed E-state index contributed by atoms with van der Waals surface area (Å²) in [4.78, 5) is 30.0. The van der Waals surface area contributed by atoms with Crippen LogP contribution in [0, 0.1) is 0 Å². The summed E-state index contributed by atoms with van der Waals surface area (Å²) in [6.07, 6.45) is -2.33. The fourth-order valence-corrected chi connectivity index (χ4v) is 3.36. The van der Waals surface area contributed by atoms with E-state index >= 15 is 0 Å². The van der Waals surface area contributed by atoms with Gasteiger partial charge in [-0.05, 0) is 36.2 Å². The first kappa shape index (κ1) is 20.0. The molecule has 0 radical (unpaired) electrons. The number of ketones is 1. The largest absolute Gasteiger partial charge is 0.416 e. The van der Waals surface area contributed by atoms with Crippen LogP contribution in [0.1, 0.15) is 46.8 Å². The van der Waals surface area contributed by atoms with E-state index in [0.29, 0.717) is 11.1 Å². The Morgan fingerprint density at radius 3 is 2.64 bits per heavy atom. The highest BCUT2D eigenvalue weighted by atomic mass is 19.4. The molecule has 1 aromatic carbocycles. The molecule has 2 heterocycles. The molecule has 1 amide bonds. The van der Waals surface area contributed by atoms with E-state index in [2.05, 4.69) is 4.98 Å². The Labute approximate surface area is 159 Å². The number of hydrogen-bond donors (Lipinski definition) is 1. The van der Waals surface area contributed by atoms with Crippen molar-refractivity contribution in [2.24, 2.45) is 0 Å². The molecule has 28 heavy (non-hydrogen) atoms. The molecule has 2 atom stereocenters. The molecule has 0 bridgehead atoms. The van der Waals surface area contributed by atoms with Crippen LogP contribution in [0.3, 0.4) is 0 Å². The number of benzene rings is 1. The highest BCUT2D eigenvalue weighted by molar-refractivity contribution is 5.97. The van der Waals surface area contributed by atoms with Gasteiger partial charge in [-0.3, -0.25) is 14.6 Å². The van der Waals surface area contributed by atoms with Gasteiger partial charge in [0.15, 0.2) is 5.78 Å². The Balaban J connectivity index is 1.71. The second kappa shape index (κ2) is 8.10. The smallest absolute Gasteiger partial charge is 0.391 e. The SMILES string of the molecule is O=C(CCC(=O)N1CC(O)CC1c1cccc(C(F)(F)F)c1)c1cccnc1. The molecule has 1 fully saturated rings. The average molecular weight is 392 g/mol. The first-order valence-corrected chi connectivity index (χ1v) is 8.83. The Morgan fingerprint density at radius 1 is 1.18 bits per heavy atom. The lowest BCUT2D eigenvalue weighted by molar-refractivity contribution is -0.137. The summed E-state index contributed by atoms with van der Waals surface area (Å²) in [5, 5.41) is 9.97. The maximum Gasteiger partial charge on any atom is 0.416 e. The molecular formula is C20H19F3N2O3. The van der Waals surface area contributed by atoms with Crippen molar-refractivity contribution in [2.45, 2.75) is 37.6 Å². The van der Waals surface area contributed by atoms with Crippen LogP contribution in [0.15, 0.2) is 48.8 Å². The van der Waals surface area contributed by atoms with Gasteiger partial charge < -0.3 is 10.0 Å². The predicted molar refractivity (Wildman–Crippen MR) is 94.3 cm³/mol. The Kier molecular flexibility index (Phi) is 5.79. The molecule has 0 saturated carbocycles. The predicted octanol–water partition coefficient (Wildman–Crippen LogP) is 3.40. The van der Waals surface area contributed by atoms with Crippen molar-refractivity contribution in [3.63, 3.8) is 0 Å². The number of pyridine rings is 1. The quantitative estimate of drug-likeness (QED) is 0.792. The summed E-state index contributed by atoms with van der Waals surface area (Å²) in [6, 6.07) is 7.34. The van der Waals surface area contributed by atoms with Gasteiger partial charge in [-0.25, -0.2) is 0 Å². The van der Waals surface area contributed by atoms with E-state index in [9.17, 15) is 27.9 Å². The molecule has 2 unspecified atom stereocenters. The second-order valence-electron chi connectivity index (χ2n) is 6.74. The lowest BCUT2D eigenvalue weighted by atomic mass is 10.0. The van der Waals surface area contributed by atoms with Crippen molar-refractivity contribution in [1.29, 1.82) is 0 Å². The number of aliphatic hydroxyl groups is 1. The normalized spacial score (nSPS) is 19.6. The fraction of sp³-hybridized carbons (Fsp3) is 0.350. The molecule has 5 nitrogen and oxygen atoms in total. The molecule has 1 saturated heterocycles. The van der Waals surface area contributed by atoms with E-state index < -0.39 is 23.9 Å². The lowest BCUT2D eigenvalue weighted by Gasteiger charge is -2.25. The van der Waals surface area contributed by atoms with Crippen LogP contribution < -0.4 is 0 Å². The number of Topliss-reactive ketones (excluding diaryl/α,β-unsaturated/α-hetero) is 1. The number of alkyl halides is 3. The Bertz CT molecular complexity index is 855. The summed E-state index contributed by atoms with van der Waals surface area (Å²) >= 11 is 0. The zero-order chi connectivity index (χ0) is 20.3. The van der Waals surface area contributed by atoms with Crippen molar-refractivity contribution >= 4 is 11.7 Å². The first-order valence-electron chi connectivity index (χ1n) is 8.83. The molecule has 8 heteroatoms. The summed E-state index contributed by atoms with van der Waals surface area (Å²) in [5.74, 6) is -0.618. The number of amides is 1. The van der Waals surface area contributed by atoms with Gasteiger partial charge in [0.05, 0.1) is 17.7 Å². The van der Waals surface area contributed by atoms with Gasteiger partial charge in [0.2, 0.25) is 5.91 Å². The van der Waals surface area contributed by atoms with E-state index in [1.807, 2.05) is 0 Å². The summed E-state index contributed by atoms with van der Waals surface area (Å²) in [6.45, 7) is 0.0286. The number of aromatic nitrogens is 1. The molecule has 0 aliphatic carbocycles. The highest BCUT2D eigenvalue weighted by Gasteiger charge is 2.37. The van der Waals surface area contributed by atoms with Gasteiger partial charge in [0.25, 0.3) is 0 Å². The van der Waals surface area contributed by atoms with Crippen molar-refractivity contribution in [3.8, 4) is 0 Å². The molecule has 1 aromatic heterocycles. The molecule has 3 rings (SSSR count). The first-order chi connectivity index (χ1) is 13.3. The topological polar surface area (TPSA) is 70.5 Å². The maximum atomic E-state index is 13.0. The molecule has 1 aliphatic rings. The number of rotatable bonds is 5. The second-order valence-corrected chi connectivity index (χ2v) is 6.74. The van der Waals surface area contributed by atoms with Gasteiger partial charge in [-0.2, -0.15) is 13.2 Å². The minimum atomic E-state index is -4.49. The summed E-state index contributed by atoms with van der Waals surface area (Å²) < 4.78 is 39.0. The van der Waals surface area contributed by atoms with Crippen LogP contribution in [-0.4, -0.2) is 39.3 Å². The van der Waals surface area contributed by atoms with E-state index in [-0.39, 0.29) is 37.5 Å². The van der Waals surface area contributed by atoms with Gasteiger partial charge in [-0.15, -0.1) is 0 Å². The average Bonchev–Trinajstić information content (AvgIpc) is 3.08. The molecule has 0 spiro atoms. The lowest BCUT2D eigenvalue weighted by Crippen LogP contribution is -2.32. The van der Waals surface area contributed by atoms with Crippen LogP contribution >= 0.6 is 0 Å². The number of halogens is 3. The van der Waals surface area contributed by atoms with E-state index in [1.165, 1.54) is 29.4 Å². The highest BCUT2D eigenvalue weighted by Crippen LogP contribution is 2.36. The van der Waals surface area contributed by atoms with Crippen LogP contribution in [0.2, 0.25) is 0 Å². The third kappa shape index (κ3) is 4.56. The van der Waals surface area contributed by atoms with E-state index in [1.54, 1.807) is 12.1 Å². The zero-order valence-electron chi connectivity index (χ0n) is 14.9. The number of hydrogen-bond acceptors (Lipinski definition) is 4. The number of aliphatic hydroxyl groups excluding tert-OH is 1. The third-order valence-electron chi connectivity index (χ3n) is 4.75. The Hall–Kier alpha value is -2.74.